The second-order valence-corrected chi connectivity index (χ2v) is 3.56. The van der Waals surface area contributed by atoms with Gasteiger partial charge in [-0.05, 0) is 18.2 Å². The van der Waals surface area contributed by atoms with E-state index in [4.69, 9.17) is 0 Å². The molecule has 2 heterocycles. The zero-order valence-corrected chi connectivity index (χ0v) is 8.42. The number of hydrogen-bond donors (Lipinski definition) is 0. The predicted molar refractivity (Wildman–Crippen MR) is 62.4 cm³/mol. The van der Waals surface area contributed by atoms with E-state index >= 15 is 0 Å². The number of pyridine rings is 2. The lowest BCUT2D eigenvalue weighted by molar-refractivity contribution is 0.111. The van der Waals surface area contributed by atoms with Crippen molar-refractivity contribution in [3.05, 3.63) is 48.3 Å². The maximum absolute atomic E-state index is 10.6. The standard InChI is InChI=1S/C13H8N2O/c16-8-9-5-6-11-10-3-1-2-4-12(10)14-7-13(11)15-9/h1-8H. The van der Waals surface area contributed by atoms with Gasteiger partial charge in [-0.2, -0.15) is 0 Å². The molecule has 0 saturated heterocycles. The highest BCUT2D eigenvalue weighted by Crippen LogP contribution is 2.21. The van der Waals surface area contributed by atoms with Crippen LogP contribution in [-0.4, -0.2) is 16.3 Å². The molecular formula is C13H8N2O. The lowest BCUT2D eigenvalue weighted by atomic mass is 10.1. The first kappa shape index (κ1) is 8.97. The van der Waals surface area contributed by atoms with Crippen molar-refractivity contribution in [1.29, 1.82) is 0 Å². The van der Waals surface area contributed by atoms with Gasteiger partial charge < -0.3 is 0 Å². The summed E-state index contributed by atoms with van der Waals surface area (Å²) in [7, 11) is 0. The van der Waals surface area contributed by atoms with Crippen LogP contribution in [0.4, 0.5) is 0 Å². The van der Waals surface area contributed by atoms with Gasteiger partial charge in [-0.1, -0.05) is 18.2 Å². The zero-order valence-electron chi connectivity index (χ0n) is 8.42. The fraction of sp³-hybridized carbons (Fsp3) is 0. The van der Waals surface area contributed by atoms with E-state index in [0.717, 1.165) is 28.1 Å². The fourth-order valence-electron chi connectivity index (χ4n) is 1.83. The number of carbonyl (C=O) groups excluding carboxylic acids is 1. The topological polar surface area (TPSA) is 42.9 Å². The summed E-state index contributed by atoms with van der Waals surface area (Å²) in [6, 6.07) is 11.5. The minimum absolute atomic E-state index is 0.435. The summed E-state index contributed by atoms with van der Waals surface area (Å²) in [5.74, 6) is 0. The summed E-state index contributed by atoms with van der Waals surface area (Å²) in [4.78, 5) is 19.2. The summed E-state index contributed by atoms with van der Waals surface area (Å²) < 4.78 is 0. The van der Waals surface area contributed by atoms with E-state index in [1.54, 1.807) is 12.3 Å². The Morgan fingerprint density at radius 1 is 0.938 bits per heavy atom. The van der Waals surface area contributed by atoms with E-state index in [-0.39, 0.29) is 0 Å². The third-order valence-corrected chi connectivity index (χ3v) is 2.59. The van der Waals surface area contributed by atoms with Crippen LogP contribution in [0.5, 0.6) is 0 Å². The van der Waals surface area contributed by atoms with Gasteiger partial charge in [0.25, 0.3) is 0 Å². The van der Waals surface area contributed by atoms with Crippen molar-refractivity contribution < 1.29 is 4.79 Å². The Hall–Kier alpha value is -2.29. The molecule has 16 heavy (non-hydrogen) atoms. The quantitative estimate of drug-likeness (QED) is 0.456. The van der Waals surface area contributed by atoms with Crippen molar-refractivity contribution in [2.75, 3.05) is 0 Å². The van der Waals surface area contributed by atoms with Crippen molar-refractivity contribution in [3.63, 3.8) is 0 Å². The molecule has 0 atom stereocenters. The molecule has 0 radical (unpaired) electrons. The number of aromatic nitrogens is 2. The lowest BCUT2D eigenvalue weighted by Gasteiger charge is -2.02. The molecule has 0 unspecified atom stereocenters. The van der Waals surface area contributed by atoms with E-state index in [1.165, 1.54) is 0 Å². The number of benzene rings is 1. The minimum Gasteiger partial charge on any atom is -0.296 e. The molecule has 0 fully saturated rings. The Labute approximate surface area is 91.8 Å². The third kappa shape index (κ3) is 1.26. The van der Waals surface area contributed by atoms with Crippen LogP contribution >= 0.6 is 0 Å². The van der Waals surface area contributed by atoms with Gasteiger partial charge in [-0.15, -0.1) is 0 Å². The first-order valence-corrected chi connectivity index (χ1v) is 4.98. The van der Waals surface area contributed by atoms with Gasteiger partial charge in [0.05, 0.1) is 17.2 Å². The van der Waals surface area contributed by atoms with Crippen molar-refractivity contribution in [2.45, 2.75) is 0 Å². The Bertz CT molecular complexity index is 692. The van der Waals surface area contributed by atoms with Crippen LogP contribution in [0.25, 0.3) is 21.8 Å². The van der Waals surface area contributed by atoms with E-state index in [2.05, 4.69) is 9.97 Å². The molecule has 0 aliphatic carbocycles. The molecule has 0 bridgehead atoms. The van der Waals surface area contributed by atoms with Gasteiger partial charge in [-0.25, -0.2) is 4.98 Å². The van der Waals surface area contributed by atoms with Gasteiger partial charge in [0, 0.05) is 10.8 Å². The average molecular weight is 208 g/mol. The molecule has 3 rings (SSSR count). The summed E-state index contributed by atoms with van der Waals surface area (Å²) in [5.41, 5.74) is 2.13. The number of fused-ring (bicyclic) bond motifs is 3. The van der Waals surface area contributed by atoms with Crippen molar-refractivity contribution in [3.8, 4) is 0 Å². The molecule has 3 heteroatoms. The van der Waals surface area contributed by atoms with Crippen molar-refractivity contribution in [2.24, 2.45) is 0 Å². The molecule has 3 nitrogen and oxygen atoms in total. The average Bonchev–Trinajstić information content (AvgIpc) is 2.38. The van der Waals surface area contributed by atoms with E-state index in [0.29, 0.717) is 5.69 Å². The molecular weight excluding hydrogens is 200 g/mol. The molecule has 76 valence electrons. The Balaban J connectivity index is 2.47. The Morgan fingerprint density at radius 3 is 2.62 bits per heavy atom. The highest BCUT2D eigenvalue weighted by Gasteiger charge is 2.02. The fourth-order valence-corrected chi connectivity index (χ4v) is 1.83. The number of nitrogens with zero attached hydrogens (tertiary/aromatic N) is 2. The predicted octanol–water partition coefficient (Wildman–Crippen LogP) is 2.60. The molecule has 0 aliphatic rings. The van der Waals surface area contributed by atoms with Crippen LogP contribution in [-0.2, 0) is 0 Å². The molecule has 1 aromatic carbocycles. The second-order valence-electron chi connectivity index (χ2n) is 3.56. The molecule has 2 aromatic heterocycles. The highest BCUT2D eigenvalue weighted by molar-refractivity contribution is 6.04. The van der Waals surface area contributed by atoms with Crippen LogP contribution in [0, 0.1) is 0 Å². The summed E-state index contributed by atoms with van der Waals surface area (Å²) in [6.45, 7) is 0. The maximum Gasteiger partial charge on any atom is 0.168 e. The van der Waals surface area contributed by atoms with Crippen LogP contribution in [0.3, 0.4) is 0 Å². The smallest absolute Gasteiger partial charge is 0.168 e. The van der Waals surface area contributed by atoms with E-state index in [9.17, 15) is 4.79 Å². The number of hydrogen-bond acceptors (Lipinski definition) is 3. The maximum atomic E-state index is 10.6. The van der Waals surface area contributed by atoms with E-state index < -0.39 is 0 Å². The summed E-state index contributed by atoms with van der Waals surface area (Å²) >= 11 is 0. The van der Waals surface area contributed by atoms with Crippen LogP contribution in [0.1, 0.15) is 10.5 Å². The SMILES string of the molecule is O=Cc1ccc2c(cnc3ccccc32)n1. The summed E-state index contributed by atoms with van der Waals surface area (Å²) in [6.07, 6.45) is 2.44. The monoisotopic (exact) mass is 208 g/mol. The lowest BCUT2D eigenvalue weighted by Crippen LogP contribution is -1.89. The van der Waals surface area contributed by atoms with Gasteiger partial charge in [0.2, 0.25) is 0 Å². The third-order valence-electron chi connectivity index (χ3n) is 2.59. The molecule has 0 saturated carbocycles. The van der Waals surface area contributed by atoms with Crippen LogP contribution in [0.2, 0.25) is 0 Å². The normalized spacial score (nSPS) is 10.8. The summed E-state index contributed by atoms with van der Waals surface area (Å²) in [5, 5.41) is 2.08. The number of para-hydroxylation sites is 1. The first-order valence-electron chi connectivity index (χ1n) is 4.98. The van der Waals surface area contributed by atoms with Gasteiger partial charge in [-0.3, -0.25) is 9.78 Å². The van der Waals surface area contributed by atoms with Crippen molar-refractivity contribution in [1.82, 2.24) is 9.97 Å². The number of rotatable bonds is 1. The van der Waals surface area contributed by atoms with Crippen LogP contribution < -0.4 is 0 Å². The second kappa shape index (κ2) is 3.38. The van der Waals surface area contributed by atoms with Crippen molar-refractivity contribution >= 4 is 28.1 Å². The molecule has 0 aliphatic heterocycles. The minimum atomic E-state index is 0.435. The van der Waals surface area contributed by atoms with Gasteiger partial charge in [0.1, 0.15) is 5.69 Å². The van der Waals surface area contributed by atoms with Gasteiger partial charge >= 0.3 is 0 Å². The molecule has 3 aromatic rings. The van der Waals surface area contributed by atoms with Crippen LogP contribution in [0.15, 0.2) is 42.6 Å². The van der Waals surface area contributed by atoms with E-state index in [1.807, 2.05) is 30.3 Å². The first-order chi connectivity index (χ1) is 7.88. The number of carbonyl (C=O) groups is 1. The Morgan fingerprint density at radius 2 is 1.75 bits per heavy atom. The van der Waals surface area contributed by atoms with Gasteiger partial charge in [0.15, 0.2) is 6.29 Å². The molecule has 0 amide bonds. The molecule has 0 spiro atoms. The Kier molecular flexibility index (Phi) is 1.90. The highest BCUT2D eigenvalue weighted by atomic mass is 16.1. The molecule has 0 N–H and O–H groups in total. The number of aldehydes is 1. The largest absolute Gasteiger partial charge is 0.296 e. The zero-order chi connectivity index (χ0) is 11.0.